The van der Waals surface area contributed by atoms with Crippen LogP contribution in [0.3, 0.4) is 0 Å². The second-order valence-electron chi connectivity index (χ2n) is 5.53. The van der Waals surface area contributed by atoms with Gasteiger partial charge in [-0.1, -0.05) is 41.9 Å². The molecule has 0 aromatic heterocycles. The van der Waals surface area contributed by atoms with Gasteiger partial charge in [0.1, 0.15) is 11.5 Å². The van der Waals surface area contributed by atoms with Crippen LogP contribution in [0.2, 0.25) is 5.02 Å². The summed E-state index contributed by atoms with van der Waals surface area (Å²) < 4.78 is 10.8. The first-order chi connectivity index (χ1) is 12.2. The third-order valence-electron chi connectivity index (χ3n) is 3.82. The van der Waals surface area contributed by atoms with Crippen LogP contribution in [-0.2, 0) is 11.3 Å². The Kier molecular flexibility index (Phi) is 5.41. The highest BCUT2D eigenvalue weighted by Gasteiger charge is 2.06. The quantitative estimate of drug-likeness (QED) is 0.721. The van der Waals surface area contributed by atoms with Crippen molar-refractivity contribution in [3.63, 3.8) is 0 Å². The van der Waals surface area contributed by atoms with Crippen LogP contribution in [0, 0.1) is 0 Å². The normalized spacial score (nSPS) is 10.5. The van der Waals surface area contributed by atoms with Gasteiger partial charge in [0.2, 0.25) is 0 Å². The SMILES string of the molecule is COc1ccc2ccc(OCC(=O)NCc3ccccc3Cl)cc2c1. The molecule has 4 nitrogen and oxygen atoms in total. The van der Waals surface area contributed by atoms with Crippen LogP contribution in [0.4, 0.5) is 0 Å². The molecule has 0 fully saturated rings. The molecule has 0 spiro atoms. The number of rotatable bonds is 6. The number of hydrogen-bond acceptors (Lipinski definition) is 3. The minimum absolute atomic E-state index is 0.0556. The van der Waals surface area contributed by atoms with E-state index in [1.54, 1.807) is 13.2 Å². The van der Waals surface area contributed by atoms with Gasteiger partial charge in [-0.3, -0.25) is 4.79 Å². The zero-order chi connectivity index (χ0) is 17.6. The predicted octanol–water partition coefficient (Wildman–Crippen LogP) is 4.20. The lowest BCUT2D eigenvalue weighted by atomic mass is 10.1. The molecule has 0 saturated carbocycles. The van der Waals surface area contributed by atoms with Gasteiger partial charge in [0, 0.05) is 11.6 Å². The number of ether oxygens (including phenoxy) is 2. The molecule has 1 N–H and O–H groups in total. The molecule has 0 heterocycles. The molecule has 0 aliphatic rings. The summed E-state index contributed by atoms with van der Waals surface area (Å²) >= 11 is 6.07. The van der Waals surface area contributed by atoms with E-state index in [1.807, 2.05) is 54.6 Å². The molecule has 3 aromatic rings. The molecule has 0 saturated heterocycles. The van der Waals surface area contributed by atoms with Crippen molar-refractivity contribution >= 4 is 28.3 Å². The lowest BCUT2D eigenvalue weighted by Gasteiger charge is -2.09. The summed E-state index contributed by atoms with van der Waals surface area (Å²) in [5.74, 6) is 1.21. The van der Waals surface area contributed by atoms with E-state index in [0.717, 1.165) is 22.1 Å². The molecule has 0 atom stereocenters. The summed E-state index contributed by atoms with van der Waals surface area (Å²) in [7, 11) is 1.63. The second-order valence-corrected chi connectivity index (χ2v) is 5.94. The van der Waals surface area contributed by atoms with Crippen molar-refractivity contribution in [1.29, 1.82) is 0 Å². The van der Waals surface area contributed by atoms with Gasteiger partial charge < -0.3 is 14.8 Å². The molecule has 0 bridgehead atoms. The fourth-order valence-electron chi connectivity index (χ4n) is 2.46. The largest absolute Gasteiger partial charge is 0.497 e. The molecular formula is C20H18ClNO3. The van der Waals surface area contributed by atoms with Crippen LogP contribution in [0.1, 0.15) is 5.56 Å². The number of methoxy groups -OCH3 is 1. The average Bonchev–Trinajstić information content (AvgIpc) is 2.65. The number of nitrogens with one attached hydrogen (secondary N) is 1. The van der Waals surface area contributed by atoms with Crippen molar-refractivity contribution in [1.82, 2.24) is 5.32 Å². The molecule has 1 amide bonds. The molecule has 0 aliphatic heterocycles. The molecule has 3 rings (SSSR count). The van der Waals surface area contributed by atoms with Crippen molar-refractivity contribution in [2.45, 2.75) is 6.54 Å². The Hall–Kier alpha value is -2.72. The molecular weight excluding hydrogens is 338 g/mol. The molecule has 5 heteroatoms. The van der Waals surface area contributed by atoms with Gasteiger partial charge in [-0.05, 0) is 46.7 Å². The fourth-order valence-corrected chi connectivity index (χ4v) is 2.66. The average molecular weight is 356 g/mol. The number of amides is 1. The van der Waals surface area contributed by atoms with E-state index in [0.29, 0.717) is 17.3 Å². The highest BCUT2D eigenvalue weighted by molar-refractivity contribution is 6.31. The third-order valence-corrected chi connectivity index (χ3v) is 4.19. The lowest BCUT2D eigenvalue weighted by Crippen LogP contribution is -2.28. The van der Waals surface area contributed by atoms with Gasteiger partial charge in [0.25, 0.3) is 5.91 Å². The zero-order valence-corrected chi connectivity index (χ0v) is 14.5. The van der Waals surface area contributed by atoms with E-state index in [-0.39, 0.29) is 12.5 Å². The highest BCUT2D eigenvalue weighted by Crippen LogP contribution is 2.25. The molecule has 128 valence electrons. The summed E-state index contributed by atoms with van der Waals surface area (Å²) in [6.07, 6.45) is 0. The Morgan fingerprint density at radius 1 is 1.00 bits per heavy atom. The summed E-state index contributed by atoms with van der Waals surface area (Å²) in [6, 6.07) is 18.9. The van der Waals surface area contributed by atoms with Crippen LogP contribution < -0.4 is 14.8 Å². The minimum atomic E-state index is -0.203. The first-order valence-corrected chi connectivity index (χ1v) is 8.24. The van der Waals surface area contributed by atoms with Gasteiger partial charge in [0.05, 0.1) is 7.11 Å². The summed E-state index contributed by atoms with van der Waals surface area (Å²) in [5.41, 5.74) is 0.871. The standard InChI is InChI=1S/C20H18ClNO3/c1-24-17-8-6-14-7-9-18(11-16(14)10-17)25-13-20(23)22-12-15-4-2-3-5-19(15)21/h2-11H,12-13H2,1H3,(H,22,23). The van der Waals surface area contributed by atoms with E-state index in [4.69, 9.17) is 21.1 Å². The van der Waals surface area contributed by atoms with E-state index >= 15 is 0 Å². The number of halogens is 1. The Balaban J connectivity index is 1.58. The van der Waals surface area contributed by atoms with Crippen LogP contribution in [0.5, 0.6) is 11.5 Å². The Morgan fingerprint density at radius 3 is 2.48 bits per heavy atom. The second kappa shape index (κ2) is 7.90. The van der Waals surface area contributed by atoms with Gasteiger partial charge >= 0.3 is 0 Å². The molecule has 25 heavy (non-hydrogen) atoms. The lowest BCUT2D eigenvalue weighted by molar-refractivity contribution is -0.123. The van der Waals surface area contributed by atoms with Crippen LogP contribution in [0.25, 0.3) is 10.8 Å². The number of benzene rings is 3. The fraction of sp³-hybridized carbons (Fsp3) is 0.150. The van der Waals surface area contributed by atoms with Crippen molar-refractivity contribution in [2.75, 3.05) is 13.7 Å². The third kappa shape index (κ3) is 4.43. The Bertz CT molecular complexity index is 895. The number of carbonyl (C=O) groups is 1. The van der Waals surface area contributed by atoms with Crippen molar-refractivity contribution < 1.29 is 14.3 Å². The maximum Gasteiger partial charge on any atom is 0.258 e. The highest BCUT2D eigenvalue weighted by atomic mass is 35.5. The summed E-state index contributed by atoms with van der Waals surface area (Å²) in [5, 5.41) is 5.50. The first-order valence-electron chi connectivity index (χ1n) is 7.86. The maximum atomic E-state index is 12.0. The van der Waals surface area contributed by atoms with Crippen molar-refractivity contribution in [3.8, 4) is 11.5 Å². The molecule has 0 aliphatic carbocycles. The van der Waals surface area contributed by atoms with E-state index in [9.17, 15) is 4.79 Å². The number of carbonyl (C=O) groups excluding carboxylic acids is 1. The zero-order valence-electron chi connectivity index (χ0n) is 13.8. The van der Waals surface area contributed by atoms with Crippen LogP contribution in [-0.4, -0.2) is 19.6 Å². The van der Waals surface area contributed by atoms with E-state index in [2.05, 4.69) is 5.32 Å². The van der Waals surface area contributed by atoms with Gasteiger partial charge in [-0.15, -0.1) is 0 Å². The van der Waals surface area contributed by atoms with Crippen molar-refractivity contribution in [2.24, 2.45) is 0 Å². The monoisotopic (exact) mass is 355 g/mol. The predicted molar refractivity (Wildman–Crippen MR) is 99.3 cm³/mol. The van der Waals surface area contributed by atoms with E-state index < -0.39 is 0 Å². The van der Waals surface area contributed by atoms with Gasteiger partial charge in [-0.2, -0.15) is 0 Å². The topological polar surface area (TPSA) is 47.6 Å². The van der Waals surface area contributed by atoms with Crippen LogP contribution in [0.15, 0.2) is 60.7 Å². The first kappa shape index (κ1) is 17.1. The van der Waals surface area contributed by atoms with E-state index in [1.165, 1.54) is 0 Å². The number of hydrogen-bond donors (Lipinski definition) is 1. The van der Waals surface area contributed by atoms with Crippen LogP contribution >= 0.6 is 11.6 Å². The summed E-state index contributed by atoms with van der Waals surface area (Å²) in [4.78, 5) is 12.0. The van der Waals surface area contributed by atoms with Gasteiger partial charge in [0.15, 0.2) is 6.61 Å². The van der Waals surface area contributed by atoms with Gasteiger partial charge in [-0.25, -0.2) is 0 Å². The molecule has 0 radical (unpaired) electrons. The Labute approximate surface area is 151 Å². The molecule has 3 aromatic carbocycles. The number of fused-ring (bicyclic) bond motifs is 1. The smallest absolute Gasteiger partial charge is 0.258 e. The summed E-state index contributed by atoms with van der Waals surface area (Å²) in [6.45, 7) is 0.316. The minimum Gasteiger partial charge on any atom is -0.497 e. The molecule has 0 unspecified atom stereocenters. The Morgan fingerprint density at radius 2 is 1.72 bits per heavy atom. The maximum absolute atomic E-state index is 12.0. The van der Waals surface area contributed by atoms with Crippen molar-refractivity contribution in [3.05, 3.63) is 71.2 Å².